The van der Waals surface area contributed by atoms with Crippen molar-refractivity contribution in [1.82, 2.24) is 0 Å². The van der Waals surface area contributed by atoms with Gasteiger partial charge in [-0.25, -0.2) is 4.90 Å². The minimum Gasteiger partial charge on any atom is -0.274 e. The lowest BCUT2D eigenvalue weighted by atomic mass is 9.85. The summed E-state index contributed by atoms with van der Waals surface area (Å²) in [7, 11) is 0. The number of benzene rings is 1. The van der Waals surface area contributed by atoms with E-state index in [0.29, 0.717) is 10.7 Å². The van der Waals surface area contributed by atoms with Gasteiger partial charge in [0.25, 0.3) is 0 Å². The maximum absolute atomic E-state index is 12.5. The monoisotopic (exact) mass is 273 g/mol. The summed E-state index contributed by atoms with van der Waals surface area (Å²) in [4.78, 5) is 26.4. The molecular weight excluding hydrogens is 262 g/mol. The van der Waals surface area contributed by atoms with Crippen LogP contribution in [0.1, 0.15) is 6.42 Å². The van der Waals surface area contributed by atoms with Crippen molar-refractivity contribution in [3.05, 3.63) is 41.4 Å². The van der Waals surface area contributed by atoms with Gasteiger partial charge in [0, 0.05) is 5.02 Å². The zero-order valence-corrected chi connectivity index (χ0v) is 10.9. The van der Waals surface area contributed by atoms with Gasteiger partial charge in [-0.3, -0.25) is 9.59 Å². The van der Waals surface area contributed by atoms with E-state index >= 15 is 0 Å². The first kappa shape index (κ1) is 11.2. The number of rotatable bonds is 1. The Morgan fingerprint density at radius 1 is 1.05 bits per heavy atom. The first-order chi connectivity index (χ1) is 9.16. The highest BCUT2D eigenvalue weighted by Crippen LogP contribution is 2.53. The van der Waals surface area contributed by atoms with E-state index in [-0.39, 0.29) is 35.5 Å². The fraction of sp³-hybridized carbons (Fsp3) is 0.333. The predicted octanol–water partition coefficient (Wildman–Crippen LogP) is 2.65. The van der Waals surface area contributed by atoms with Crippen molar-refractivity contribution in [2.24, 2.45) is 23.7 Å². The van der Waals surface area contributed by atoms with E-state index in [9.17, 15) is 9.59 Å². The zero-order valence-electron chi connectivity index (χ0n) is 10.1. The highest BCUT2D eigenvalue weighted by atomic mass is 35.5. The number of anilines is 1. The lowest BCUT2D eigenvalue weighted by Gasteiger charge is -2.17. The molecule has 2 aliphatic carbocycles. The van der Waals surface area contributed by atoms with Crippen LogP contribution in [0.5, 0.6) is 0 Å². The van der Waals surface area contributed by atoms with Crippen LogP contribution < -0.4 is 4.90 Å². The molecule has 0 spiro atoms. The molecule has 2 amide bonds. The summed E-state index contributed by atoms with van der Waals surface area (Å²) in [6.07, 6.45) is 5.15. The maximum Gasteiger partial charge on any atom is 0.238 e. The second-order valence-corrected chi connectivity index (χ2v) is 5.93. The number of fused-ring (bicyclic) bond motifs is 5. The Morgan fingerprint density at radius 2 is 1.68 bits per heavy atom. The number of nitrogens with zero attached hydrogens (tertiary/aromatic N) is 1. The predicted molar refractivity (Wildman–Crippen MR) is 71.7 cm³/mol. The van der Waals surface area contributed by atoms with Crippen LogP contribution in [0.15, 0.2) is 36.4 Å². The molecule has 1 saturated heterocycles. The minimum atomic E-state index is -0.151. The number of halogens is 1. The third-order valence-corrected chi connectivity index (χ3v) is 4.77. The average molecular weight is 274 g/mol. The van der Waals surface area contributed by atoms with Crippen LogP contribution >= 0.6 is 11.6 Å². The van der Waals surface area contributed by atoms with Crippen molar-refractivity contribution < 1.29 is 9.59 Å². The Bertz CT molecular complexity index is 594. The molecule has 4 heteroatoms. The van der Waals surface area contributed by atoms with Crippen LogP contribution in [0.3, 0.4) is 0 Å². The molecule has 1 aromatic carbocycles. The highest BCUT2D eigenvalue weighted by Gasteiger charge is 2.59. The quantitative estimate of drug-likeness (QED) is 0.583. The number of carbonyl (C=O) groups excluding carboxylic acids is 2. The number of hydrogen-bond donors (Lipinski definition) is 0. The van der Waals surface area contributed by atoms with E-state index in [1.807, 2.05) is 0 Å². The lowest BCUT2D eigenvalue weighted by Crippen LogP contribution is -2.32. The van der Waals surface area contributed by atoms with Gasteiger partial charge in [0.1, 0.15) is 0 Å². The first-order valence-electron chi connectivity index (χ1n) is 6.48. The van der Waals surface area contributed by atoms with E-state index in [0.717, 1.165) is 6.42 Å². The Labute approximate surface area is 115 Å². The molecule has 0 N–H and O–H groups in total. The molecule has 3 aliphatic rings. The summed E-state index contributed by atoms with van der Waals surface area (Å²) >= 11 is 5.95. The number of allylic oxidation sites excluding steroid dienone is 2. The maximum atomic E-state index is 12.5. The van der Waals surface area contributed by atoms with E-state index in [1.165, 1.54) is 4.90 Å². The van der Waals surface area contributed by atoms with Gasteiger partial charge in [-0.15, -0.1) is 0 Å². The van der Waals surface area contributed by atoms with Crippen LogP contribution in [-0.4, -0.2) is 11.8 Å². The van der Waals surface area contributed by atoms with Gasteiger partial charge in [-0.05, 0) is 36.5 Å². The molecule has 1 heterocycles. The van der Waals surface area contributed by atoms with E-state index in [2.05, 4.69) is 12.2 Å². The molecule has 0 unspecified atom stereocenters. The summed E-state index contributed by atoms with van der Waals surface area (Å²) in [6, 6.07) is 6.94. The molecule has 19 heavy (non-hydrogen) atoms. The molecule has 1 aromatic rings. The van der Waals surface area contributed by atoms with Gasteiger partial charge < -0.3 is 0 Å². The number of amides is 2. The largest absolute Gasteiger partial charge is 0.274 e. The Kier molecular flexibility index (Phi) is 2.19. The topological polar surface area (TPSA) is 37.4 Å². The number of hydrogen-bond acceptors (Lipinski definition) is 2. The molecule has 1 saturated carbocycles. The Morgan fingerprint density at radius 3 is 2.26 bits per heavy atom. The van der Waals surface area contributed by atoms with Gasteiger partial charge in [-0.1, -0.05) is 29.8 Å². The molecule has 4 rings (SSSR count). The third kappa shape index (κ3) is 1.39. The van der Waals surface area contributed by atoms with Crippen molar-refractivity contribution >= 4 is 29.1 Å². The lowest BCUT2D eigenvalue weighted by molar-refractivity contribution is -0.123. The van der Waals surface area contributed by atoms with Gasteiger partial charge >= 0.3 is 0 Å². The summed E-state index contributed by atoms with van der Waals surface area (Å²) in [5.74, 6) is 0.0671. The SMILES string of the molecule is O=C1[C@@H]2[C@@H](C(=O)N1c1cccc(Cl)c1)[C@H]1C=C[C@H]2C1. The second kappa shape index (κ2) is 3.70. The third-order valence-electron chi connectivity index (χ3n) is 4.54. The molecule has 0 aromatic heterocycles. The van der Waals surface area contributed by atoms with Gasteiger partial charge in [0.2, 0.25) is 11.8 Å². The van der Waals surface area contributed by atoms with Crippen LogP contribution in [0.4, 0.5) is 5.69 Å². The molecule has 2 fully saturated rings. The molecule has 0 radical (unpaired) electrons. The second-order valence-electron chi connectivity index (χ2n) is 5.49. The van der Waals surface area contributed by atoms with Crippen LogP contribution in [0.2, 0.25) is 5.02 Å². The van der Waals surface area contributed by atoms with Gasteiger partial charge in [0.05, 0.1) is 17.5 Å². The summed E-state index contributed by atoms with van der Waals surface area (Å²) < 4.78 is 0. The Balaban J connectivity index is 1.77. The molecule has 96 valence electrons. The van der Waals surface area contributed by atoms with Crippen LogP contribution in [0, 0.1) is 23.7 Å². The van der Waals surface area contributed by atoms with Gasteiger partial charge in [0.15, 0.2) is 0 Å². The van der Waals surface area contributed by atoms with E-state index in [4.69, 9.17) is 11.6 Å². The van der Waals surface area contributed by atoms with Crippen LogP contribution in [0.25, 0.3) is 0 Å². The molecule has 4 atom stereocenters. The average Bonchev–Trinajstić information content (AvgIpc) is 3.04. The minimum absolute atomic E-state index is 0.0610. The summed E-state index contributed by atoms with van der Waals surface area (Å²) in [5, 5.41) is 0.538. The Hall–Kier alpha value is -1.61. The fourth-order valence-electron chi connectivity index (χ4n) is 3.77. The normalized spacial score (nSPS) is 35.3. The molecular formula is C15H12ClNO2. The summed E-state index contributed by atoms with van der Waals surface area (Å²) in [5.41, 5.74) is 0.594. The number of imide groups is 1. The highest BCUT2D eigenvalue weighted by molar-refractivity contribution is 6.31. The standard InChI is InChI=1S/C15H12ClNO2/c16-10-2-1-3-11(7-10)17-14(18)12-8-4-5-9(6-8)13(12)15(17)19/h1-5,7-9,12-13H,6H2/t8-,9-,12-,13-/m0/s1. The zero-order chi connectivity index (χ0) is 13.1. The van der Waals surface area contributed by atoms with Crippen molar-refractivity contribution in [2.75, 3.05) is 4.90 Å². The van der Waals surface area contributed by atoms with E-state index < -0.39 is 0 Å². The first-order valence-corrected chi connectivity index (χ1v) is 6.86. The van der Waals surface area contributed by atoms with Crippen molar-refractivity contribution in [1.29, 1.82) is 0 Å². The summed E-state index contributed by atoms with van der Waals surface area (Å²) in [6.45, 7) is 0. The van der Waals surface area contributed by atoms with Crippen LogP contribution in [-0.2, 0) is 9.59 Å². The molecule has 3 nitrogen and oxygen atoms in total. The smallest absolute Gasteiger partial charge is 0.238 e. The fourth-order valence-corrected chi connectivity index (χ4v) is 3.96. The van der Waals surface area contributed by atoms with Gasteiger partial charge in [-0.2, -0.15) is 0 Å². The van der Waals surface area contributed by atoms with E-state index in [1.54, 1.807) is 24.3 Å². The van der Waals surface area contributed by atoms with Crippen molar-refractivity contribution in [3.8, 4) is 0 Å². The molecule has 2 bridgehead atoms. The van der Waals surface area contributed by atoms with Crippen molar-refractivity contribution in [3.63, 3.8) is 0 Å². The van der Waals surface area contributed by atoms with Crippen molar-refractivity contribution in [2.45, 2.75) is 6.42 Å². The number of carbonyl (C=O) groups is 2. The molecule has 1 aliphatic heterocycles.